The van der Waals surface area contributed by atoms with Crippen LogP contribution >= 0.6 is 0 Å². The Bertz CT molecular complexity index is 268. The van der Waals surface area contributed by atoms with Crippen LogP contribution in [0.25, 0.3) is 0 Å². The van der Waals surface area contributed by atoms with Crippen LogP contribution in [0.1, 0.15) is 96.8 Å². The maximum absolute atomic E-state index is 10.9. The summed E-state index contributed by atoms with van der Waals surface area (Å²) in [4.78, 5) is 10.9. The summed E-state index contributed by atoms with van der Waals surface area (Å²) < 4.78 is 4.61. The van der Waals surface area contributed by atoms with Crippen molar-refractivity contribution in [2.45, 2.75) is 109 Å². The van der Waals surface area contributed by atoms with Gasteiger partial charge in [0.1, 0.15) is 0 Å². The molecule has 0 fully saturated rings. The Labute approximate surface area is 142 Å². The minimum Gasteiger partial charge on any atom is -0.469 e. The summed E-state index contributed by atoms with van der Waals surface area (Å²) in [6, 6.07) is 0. The maximum atomic E-state index is 10.9. The van der Waals surface area contributed by atoms with Crippen molar-refractivity contribution in [1.82, 2.24) is 0 Å². The zero-order chi connectivity index (χ0) is 17.3. The van der Waals surface area contributed by atoms with E-state index in [1.807, 2.05) is 0 Å². The van der Waals surface area contributed by atoms with Crippen LogP contribution in [-0.4, -0.2) is 35.5 Å². The van der Waals surface area contributed by atoms with E-state index in [4.69, 9.17) is 0 Å². The molecule has 0 saturated carbocycles. The van der Waals surface area contributed by atoms with E-state index >= 15 is 0 Å². The van der Waals surface area contributed by atoms with E-state index < -0.39 is 12.2 Å². The number of hydrogen-bond donors (Lipinski definition) is 2. The van der Waals surface area contributed by atoms with Gasteiger partial charge in [-0.2, -0.15) is 0 Å². The van der Waals surface area contributed by atoms with Crippen LogP contribution in [0.2, 0.25) is 0 Å². The Balaban J connectivity index is 3.30. The van der Waals surface area contributed by atoms with Crippen molar-refractivity contribution in [2.24, 2.45) is 0 Å². The van der Waals surface area contributed by atoms with Gasteiger partial charge < -0.3 is 14.9 Å². The second kappa shape index (κ2) is 16.3. The lowest BCUT2D eigenvalue weighted by Crippen LogP contribution is -2.25. The van der Waals surface area contributed by atoms with Crippen LogP contribution in [-0.2, 0) is 9.53 Å². The Kier molecular flexibility index (Phi) is 15.8. The number of ether oxygens (including phenoxy) is 1. The Morgan fingerprint density at radius 2 is 1.22 bits per heavy atom. The Morgan fingerprint density at radius 3 is 1.70 bits per heavy atom. The molecular weight excluding hydrogens is 292 g/mol. The highest BCUT2D eigenvalue weighted by Crippen LogP contribution is 2.14. The zero-order valence-electron chi connectivity index (χ0n) is 15.3. The van der Waals surface area contributed by atoms with E-state index in [9.17, 15) is 15.0 Å². The highest BCUT2D eigenvalue weighted by molar-refractivity contribution is 5.68. The molecule has 0 saturated heterocycles. The van der Waals surface area contributed by atoms with E-state index in [0.29, 0.717) is 12.8 Å². The maximum Gasteiger partial charge on any atom is 0.305 e. The fourth-order valence-electron chi connectivity index (χ4n) is 2.77. The van der Waals surface area contributed by atoms with E-state index in [1.165, 1.54) is 32.8 Å². The third-order valence-electron chi connectivity index (χ3n) is 4.41. The molecule has 0 unspecified atom stereocenters. The summed E-state index contributed by atoms with van der Waals surface area (Å²) in [6.45, 7) is 2.14. The van der Waals surface area contributed by atoms with Gasteiger partial charge >= 0.3 is 5.97 Å². The lowest BCUT2D eigenvalue weighted by atomic mass is 10.00. The smallest absolute Gasteiger partial charge is 0.305 e. The molecular formula is C19H38O4. The number of carbonyl (C=O) groups is 1. The van der Waals surface area contributed by atoms with Crippen molar-refractivity contribution in [2.75, 3.05) is 7.11 Å². The topological polar surface area (TPSA) is 66.8 Å². The molecule has 0 aromatic rings. The molecule has 4 nitrogen and oxygen atoms in total. The predicted octanol–water partition coefficient (Wildman–Crippen LogP) is 4.36. The molecule has 0 aromatic heterocycles. The first-order valence-electron chi connectivity index (χ1n) is 9.54. The van der Waals surface area contributed by atoms with E-state index in [-0.39, 0.29) is 5.97 Å². The number of esters is 1. The predicted molar refractivity (Wildman–Crippen MR) is 94.3 cm³/mol. The highest BCUT2D eigenvalue weighted by Gasteiger charge is 2.14. The van der Waals surface area contributed by atoms with Gasteiger partial charge in [0.15, 0.2) is 0 Å². The summed E-state index contributed by atoms with van der Waals surface area (Å²) in [5, 5.41) is 19.7. The Morgan fingerprint density at radius 1 is 0.783 bits per heavy atom. The molecule has 0 rings (SSSR count). The molecule has 138 valence electrons. The normalized spacial score (nSPS) is 13.7. The second-order valence-electron chi connectivity index (χ2n) is 6.57. The largest absolute Gasteiger partial charge is 0.469 e. The molecule has 2 N–H and O–H groups in total. The first-order valence-corrected chi connectivity index (χ1v) is 9.54. The zero-order valence-corrected chi connectivity index (χ0v) is 15.3. The van der Waals surface area contributed by atoms with Gasteiger partial charge in [0, 0.05) is 6.42 Å². The Hall–Kier alpha value is -0.610. The lowest BCUT2D eigenvalue weighted by Gasteiger charge is -2.17. The molecule has 0 aromatic carbocycles. The molecule has 0 bridgehead atoms. The molecule has 0 aliphatic heterocycles. The van der Waals surface area contributed by atoms with Crippen molar-refractivity contribution in [3.63, 3.8) is 0 Å². The highest BCUT2D eigenvalue weighted by atomic mass is 16.5. The van der Waals surface area contributed by atoms with Gasteiger partial charge in [0.05, 0.1) is 19.3 Å². The summed E-state index contributed by atoms with van der Waals surface area (Å²) in [5.74, 6) is -0.111. The van der Waals surface area contributed by atoms with E-state index in [0.717, 1.165) is 51.4 Å². The fourth-order valence-corrected chi connectivity index (χ4v) is 2.77. The van der Waals surface area contributed by atoms with Crippen LogP contribution in [0.5, 0.6) is 0 Å². The van der Waals surface area contributed by atoms with E-state index in [2.05, 4.69) is 11.7 Å². The lowest BCUT2D eigenvalue weighted by molar-refractivity contribution is -0.140. The van der Waals surface area contributed by atoms with Gasteiger partial charge in [-0.1, -0.05) is 71.1 Å². The molecule has 0 heterocycles. The summed E-state index contributed by atoms with van der Waals surface area (Å²) in [5.41, 5.74) is 0. The fraction of sp³-hybridized carbons (Fsp3) is 0.947. The van der Waals surface area contributed by atoms with Gasteiger partial charge in [-0.3, -0.25) is 4.79 Å². The molecule has 23 heavy (non-hydrogen) atoms. The van der Waals surface area contributed by atoms with Crippen LogP contribution in [0.4, 0.5) is 0 Å². The van der Waals surface area contributed by atoms with Gasteiger partial charge in [0.2, 0.25) is 0 Å². The molecule has 0 aliphatic carbocycles. The molecule has 0 radical (unpaired) electrons. The third kappa shape index (κ3) is 14.7. The summed E-state index contributed by atoms with van der Waals surface area (Å²) >= 11 is 0. The molecule has 0 spiro atoms. The van der Waals surface area contributed by atoms with Crippen LogP contribution in [0, 0.1) is 0 Å². The molecule has 4 heteroatoms. The van der Waals surface area contributed by atoms with Gasteiger partial charge in [-0.05, 0) is 19.3 Å². The third-order valence-corrected chi connectivity index (χ3v) is 4.41. The number of aliphatic hydroxyl groups excluding tert-OH is 2. The first-order chi connectivity index (χ1) is 11.1. The van der Waals surface area contributed by atoms with Crippen molar-refractivity contribution in [3.05, 3.63) is 0 Å². The second-order valence-corrected chi connectivity index (χ2v) is 6.57. The number of methoxy groups -OCH3 is 1. The van der Waals surface area contributed by atoms with E-state index in [1.54, 1.807) is 0 Å². The van der Waals surface area contributed by atoms with Crippen LogP contribution < -0.4 is 0 Å². The minimum atomic E-state index is -0.551. The van der Waals surface area contributed by atoms with Crippen molar-refractivity contribution in [1.29, 1.82) is 0 Å². The number of rotatable bonds is 16. The monoisotopic (exact) mass is 330 g/mol. The summed E-state index contributed by atoms with van der Waals surface area (Å²) in [7, 11) is 1.43. The molecule has 2 atom stereocenters. The molecule has 0 aliphatic rings. The van der Waals surface area contributed by atoms with Crippen molar-refractivity contribution < 1.29 is 19.7 Å². The SMILES string of the molecule is CCCCC[C@H](O)[C@H](O)CCCCCCCCCCC(=O)OC. The molecule has 0 amide bonds. The summed E-state index contributed by atoms with van der Waals surface area (Å²) in [6.07, 6.45) is 13.1. The van der Waals surface area contributed by atoms with Gasteiger partial charge in [-0.25, -0.2) is 0 Å². The first kappa shape index (κ1) is 22.4. The van der Waals surface area contributed by atoms with Crippen LogP contribution in [0.3, 0.4) is 0 Å². The van der Waals surface area contributed by atoms with Gasteiger partial charge in [0.25, 0.3) is 0 Å². The van der Waals surface area contributed by atoms with Crippen molar-refractivity contribution >= 4 is 5.97 Å². The number of unbranched alkanes of at least 4 members (excludes halogenated alkanes) is 9. The van der Waals surface area contributed by atoms with Crippen molar-refractivity contribution in [3.8, 4) is 0 Å². The number of aliphatic hydroxyl groups is 2. The number of carbonyl (C=O) groups excluding carboxylic acids is 1. The average molecular weight is 331 g/mol. The quantitative estimate of drug-likeness (QED) is 0.326. The standard InChI is InChI=1S/C19H38O4/c1-3-4-11-14-17(20)18(21)15-12-9-7-5-6-8-10-13-16-19(22)23-2/h17-18,20-21H,3-16H2,1-2H3/t17-,18+/m0/s1. The minimum absolute atomic E-state index is 0.111. The van der Waals surface area contributed by atoms with Gasteiger partial charge in [-0.15, -0.1) is 0 Å². The average Bonchev–Trinajstić information content (AvgIpc) is 2.56. The number of hydrogen-bond acceptors (Lipinski definition) is 4. The van der Waals surface area contributed by atoms with Crippen LogP contribution in [0.15, 0.2) is 0 Å².